The number of aryl methyl sites for hydroxylation is 1. The number of aromatic nitrogens is 2. The highest BCUT2D eigenvalue weighted by Gasteiger charge is 2.24. The van der Waals surface area contributed by atoms with Gasteiger partial charge in [0.1, 0.15) is 11.9 Å². The number of likely N-dealkylation sites (tertiary alicyclic amines) is 1. The Morgan fingerprint density at radius 1 is 1.16 bits per heavy atom. The molecule has 3 rings (SSSR count). The fourth-order valence-electron chi connectivity index (χ4n) is 2.61. The maximum atomic E-state index is 12.3. The molecule has 1 saturated heterocycles. The molecule has 6 nitrogen and oxygen atoms in total. The van der Waals surface area contributed by atoms with E-state index >= 15 is 0 Å². The third-order valence-corrected chi connectivity index (χ3v) is 4.28. The lowest BCUT2D eigenvalue weighted by Gasteiger charge is -2.31. The van der Waals surface area contributed by atoms with E-state index in [0.717, 1.165) is 18.5 Å². The number of benzene rings is 1. The molecule has 0 N–H and O–H groups in total. The van der Waals surface area contributed by atoms with Gasteiger partial charge in [0.25, 0.3) is 5.91 Å². The van der Waals surface area contributed by atoms with Gasteiger partial charge in [0, 0.05) is 37.0 Å². The summed E-state index contributed by atoms with van der Waals surface area (Å²) in [5.41, 5.74) is 0.855. The Hall–Kier alpha value is -2.34. The van der Waals surface area contributed by atoms with Gasteiger partial charge in [-0.15, -0.1) is 5.10 Å². The molecule has 0 atom stereocenters. The van der Waals surface area contributed by atoms with E-state index < -0.39 is 0 Å². The van der Waals surface area contributed by atoms with Crippen LogP contribution in [0, 0.1) is 6.92 Å². The lowest BCUT2D eigenvalue weighted by molar-refractivity contribution is -0.135. The highest BCUT2D eigenvalue weighted by atomic mass is 35.5. The zero-order chi connectivity index (χ0) is 17.6. The SMILES string of the molecule is Cc1ccc(OC2CCN(C(=O)COc3ccc(Cl)cc3)CC2)nn1. The summed E-state index contributed by atoms with van der Waals surface area (Å²) in [6.07, 6.45) is 1.59. The molecule has 0 bridgehead atoms. The number of ether oxygens (including phenoxy) is 2. The van der Waals surface area contributed by atoms with Gasteiger partial charge in [-0.25, -0.2) is 0 Å². The Labute approximate surface area is 151 Å². The first-order chi connectivity index (χ1) is 12.1. The lowest BCUT2D eigenvalue weighted by atomic mass is 10.1. The lowest BCUT2D eigenvalue weighted by Crippen LogP contribution is -2.43. The third kappa shape index (κ3) is 5.06. The van der Waals surface area contributed by atoms with E-state index in [1.807, 2.05) is 19.1 Å². The molecule has 0 spiro atoms. The van der Waals surface area contributed by atoms with Crippen molar-refractivity contribution in [1.29, 1.82) is 0 Å². The summed E-state index contributed by atoms with van der Waals surface area (Å²) >= 11 is 5.82. The molecule has 1 aromatic carbocycles. The van der Waals surface area contributed by atoms with Crippen molar-refractivity contribution in [2.75, 3.05) is 19.7 Å². The normalized spacial score (nSPS) is 15.0. The van der Waals surface area contributed by atoms with Gasteiger partial charge in [0.2, 0.25) is 5.88 Å². The molecule has 0 saturated carbocycles. The number of halogens is 1. The second kappa shape index (κ2) is 8.16. The van der Waals surface area contributed by atoms with Crippen molar-refractivity contribution in [1.82, 2.24) is 15.1 Å². The first-order valence-electron chi connectivity index (χ1n) is 8.23. The zero-order valence-electron chi connectivity index (χ0n) is 14.0. The maximum absolute atomic E-state index is 12.3. The number of piperidine rings is 1. The predicted molar refractivity (Wildman–Crippen MR) is 93.9 cm³/mol. The number of nitrogens with zero attached hydrogens (tertiary/aromatic N) is 3. The fourth-order valence-corrected chi connectivity index (χ4v) is 2.74. The zero-order valence-corrected chi connectivity index (χ0v) is 14.8. The number of rotatable bonds is 5. The van der Waals surface area contributed by atoms with Crippen molar-refractivity contribution < 1.29 is 14.3 Å². The summed E-state index contributed by atoms with van der Waals surface area (Å²) in [7, 11) is 0. The molecule has 2 heterocycles. The highest BCUT2D eigenvalue weighted by molar-refractivity contribution is 6.30. The molecular weight excluding hydrogens is 342 g/mol. The van der Waals surface area contributed by atoms with Crippen LogP contribution >= 0.6 is 11.6 Å². The van der Waals surface area contributed by atoms with E-state index in [0.29, 0.717) is 29.7 Å². The Balaban J connectivity index is 1.42. The topological polar surface area (TPSA) is 64.5 Å². The van der Waals surface area contributed by atoms with Gasteiger partial charge in [0.15, 0.2) is 6.61 Å². The van der Waals surface area contributed by atoms with Crippen molar-refractivity contribution in [3.8, 4) is 11.6 Å². The minimum absolute atomic E-state index is 0.0244. The smallest absolute Gasteiger partial charge is 0.260 e. The van der Waals surface area contributed by atoms with E-state index in [-0.39, 0.29) is 18.6 Å². The van der Waals surface area contributed by atoms with Crippen LogP contribution < -0.4 is 9.47 Å². The number of amides is 1. The van der Waals surface area contributed by atoms with E-state index in [1.165, 1.54) is 0 Å². The molecule has 0 radical (unpaired) electrons. The van der Waals surface area contributed by atoms with Crippen molar-refractivity contribution in [3.05, 3.63) is 47.1 Å². The maximum Gasteiger partial charge on any atom is 0.260 e. The van der Waals surface area contributed by atoms with Crippen LogP contribution in [0.25, 0.3) is 0 Å². The van der Waals surface area contributed by atoms with Crippen LogP contribution in [0.4, 0.5) is 0 Å². The van der Waals surface area contributed by atoms with E-state index in [1.54, 1.807) is 29.2 Å². The first kappa shape index (κ1) is 17.5. The summed E-state index contributed by atoms with van der Waals surface area (Å²) in [6.45, 7) is 3.20. The standard InChI is InChI=1S/C18H20ClN3O3/c1-13-2-7-17(21-20-13)25-16-8-10-22(11-9-16)18(23)12-24-15-5-3-14(19)4-6-15/h2-7,16H,8-12H2,1H3. The van der Waals surface area contributed by atoms with Crippen molar-refractivity contribution >= 4 is 17.5 Å². The average molecular weight is 362 g/mol. The van der Waals surface area contributed by atoms with Gasteiger partial charge in [0.05, 0.1) is 5.69 Å². The Bertz CT molecular complexity index is 699. The summed E-state index contributed by atoms with van der Waals surface area (Å²) in [4.78, 5) is 14.1. The minimum atomic E-state index is -0.0245. The molecule has 1 aliphatic heterocycles. The summed E-state index contributed by atoms with van der Waals surface area (Å²) in [6, 6.07) is 10.7. The van der Waals surface area contributed by atoms with Gasteiger partial charge >= 0.3 is 0 Å². The van der Waals surface area contributed by atoms with E-state index in [2.05, 4.69) is 10.2 Å². The van der Waals surface area contributed by atoms with Gasteiger partial charge in [-0.05, 0) is 37.3 Å². The van der Waals surface area contributed by atoms with Crippen LogP contribution in [-0.2, 0) is 4.79 Å². The Morgan fingerprint density at radius 2 is 1.88 bits per heavy atom. The second-order valence-electron chi connectivity index (χ2n) is 5.95. The Kier molecular flexibility index (Phi) is 5.71. The van der Waals surface area contributed by atoms with Crippen LogP contribution in [0.5, 0.6) is 11.6 Å². The minimum Gasteiger partial charge on any atom is -0.484 e. The predicted octanol–water partition coefficient (Wildman–Crippen LogP) is 2.89. The van der Waals surface area contributed by atoms with E-state index in [9.17, 15) is 4.79 Å². The quantitative estimate of drug-likeness (QED) is 0.819. The third-order valence-electron chi connectivity index (χ3n) is 4.03. The second-order valence-corrected chi connectivity index (χ2v) is 6.39. The average Bonchev–Trinajstić information content (AvgIpc) is 2.63. The van der Waals surface area contributed by atoms with Crippen LogP contribution in [0.15, 0.2) is 36.4 Å². The van der Waals surface area contributed by atoms with Gasteiger partial charge in [-0.1, -0.05) is 11.6 Å². The van der Waals surface area contributed by atoms with Crippen molar-refractivity contribution in [2.45, 2.75) is 25.9 Å². The van der Waals surface area contributed by atoms with Gasteiger partial charge in [-0.3, -0.25) is 4.79 Å². The van der Waals surface area contributed by atoms with Crippen LogP contribution in [0.3, 0.4) is 0 Å². The van der Waals surface area contributed by atoms with Crippen LogP contribution in [0.1, 0.15) is 18.5 Å². The van der Waals surface area contributed by atoms with Crippen molar-refractivity contribution in [2.24, 2.45) is 0 Å². The van der Waals surface area contributed by atoms with Crippen molar-refractivity contribution in [3.63, 3.8) is 0 Å². The number of hydrogen-bond donors (Lipinski definition) is 0. The summed E-state index contributed by atoms with van der Waals surface area (Å²) in [5.74, 6) is 1.14. The molecule has 0 unspecified atom stereocenters. The Morgan fingerprint density at radius 3 is 2.52 bits per heavy atom. The summed E-state index contributed by atoms with van der Waals surface area (Å²) in [5, 5.41) is 8.63. The molecule has 0 aliphatic carbocycles. The fraction of sp³-hybridized carbons (Fsp3) is 0.389. The molecule has 1 aliphatic rings. The number of hydrogen-bond acceptors (Lipinski definition) is 5. The van der Waals surface area contributed by atoms with E-state index in [4.69, 9.17) is 21.1 Å². The first-order valence-corrected chi connectivity index (χ1v) is 8.61. The number of carbonyl (C=O) groups excluding carboxylic acids is 1. The van der Waals surface area contributed by atoms with Crippen LogP contribution in [0.2, 0.25) is 5.02 Å². The molecular formula is C18H20ClN3O3. The number of carbonyl (C=O) groups is 1. The molecule has 1 fully saturated rings. The molecule has 132 valence electrons. The molecule has 1 amide bonds. The molecule has 7 heteroatoms. The summed E-state index contributed by atoms with van der Waals surface area (Å²) < 4.78 is 11.3. The highest BCUT2D eigenvalue weighted by Crippen LogP contribution is 2.18. The van der Waals surface area contributed by atoms with Crippen LogP contribution in [-0.4, -0.2) is 46.8 Å². The molecule has 2 aromatic rings. The largest absolute Gasteiger partial charge is 0.484 e. The van der Waals surface area contributed by atoms with Gasteiger partial charge in [-0.2, -0.15) is 5.10 Å². The molecule has 1 aromatic heterocycles. The van der Waals surface area contributed by atoms with Gasteiger partial charge < -0.3 is 14.4 Å². The monoisotopic (exact) mass is 361 g/mol. The molecule has 25 heavy (non-hydrogen) atoms.